The van der Waals surface area contributed by atoms with Crippen molar-refractivity contribution in [3.63, 3.8) is 0 Å². The van der Waals surface area contributed by atoms with Crippen LogP contribution in [0.4, 0.5) is 0 Å². The number of allylic oxidation sites excluding steroid dienone is 12. The number of rotatable bonds is 48. The fraction of sp³-hybridized carbons (Fsp3) is 0.750. The lowest BCUT2D eigenvalue weighted by atomic mass is 10.0. The van der Waals surface area contributed by atoms with Gasteiger partial charge in [-0.05, 0) is 64.2 Å². The van der Waals surface area contributed by atoms with Crippen LogP contribution in [-0.4, -0.2) is 70.0 Å². The number of likely N-dealkylation sites (N-methyl/N-ethyl adjacent to an activating group) is 1. The Kier molecular flexibility index (Phi) is 45.7. The van der Waals surface area contributed by atoms with E-state index in [1.54, 1.807) is 0 Å². The summed E-state index contributed by atoms with van der Waals surface area (Å²) in [5.41, 5.74) is 0. The molecule has 0 bridgehead atoms. The SMILES string of the molecule is CC/C=C\C/C=C\C/C=C\C/C=C\C/C=C\C/C=C\CCCCC(=O)OC(COC(=O)CCCCCCCCCCCCCCCCCCCCCCC)COP(=O)([O-])OCC[N+](C)(C)C. The van der Waals surface area contributed by atoms with Crippen LogP contribution >= 0.6 is 7.82 Å². The average Bonchev–Trinajstić information content (AvgIpc) is 3.27. The average molecular weight is 946 g/mol. The van der Waals surface area contributed by atoms with Crippen LogP contribution in [0.25, 0.3) is 0 Å². The molecule has 382 valence electrons. The van der Waals surface area contributed by atoms with Crippen molar-refractivity contribution in [2.24, 2.45) is 0 Å². The number of hydrogen-bond acceptors (Lipinski definition) is 8. The second-order valence-corrected chi connectivity index (χ2v) is 20.3. The van der Waals surface area contributed by atoms with Crippen LogP contribution in [0, 0.1) is 0 Å². The summed E-state index contributed by atoms with van der Waals surface area (Å²) in [5.74, 6) is -0.881. The van der Waals surface area contributed by atoms with Gasteiger partial charge in [0.2, 0.25) is 0 Å². The minimum absolute atomic E-state index is 0.0417. The predicted molar refractivity (Wildman–Crippen MR) is 277 cm³/mol. The monoisotopic (exact) mass is 946 g/mol. The lowest BCUT2D eigenvalue weighted by Crippen LogP contribution is -2.37. The Hall–Kier alpha value is -2.55. The molecular formula is C56H100NO8P. The summed E-state index contributed by atoms with van der Waals surface area (Å²) in [4.78, 5) is 37.8. The van der Waals surface area contributed by atoms with Gasteiger partial charge in [0.15, 0.2) is 6.10 Å². The largest absolute Gasteiger partial charge is 0.756 e. The third kappa shape index (κ3) is 50.9. The zero-order valence-electron chi connectivity index (χ0n) is 43.1. The van der Waals surface area contributed by atoms with Crippen molar-refractivity contribution >= 4 is 19.8 Å². The van der Waals surface area contributed by atoms with Crippen LogP contribution in [0.3, 0.4) is 0 Å². The van der Waals surface area contributed by atoms with Gasteiger partial charge in [-0.1, -0.05) is 215 Å². The highest BCUT2D eigenvalue weighted by molar-refractivity contribution is 7.45. The molecule has 0 saturated carbocycles. The third-order valence-corrected chi connectivity index (χ3v) is 12.2. The summed E-state index contributed by atoms with van der Waals surface area (Å²) >= 11 is 0. The van der Waals surface area contributed by atoms with Gasteiger partial charge in [0, 0.05) is 12.8 Å². The van der Waals surface area contributed by atoms with Crippen LogP contribution in [-0.2, 0) is 32.7 Å². The van der Waals surface area contributed by atoms with Gasteiger partial charge in [0.25, 0.3) is 7.82 Å². The molecular weight excluding hydrogens is 846 g/mol. The molecule has 0 aromatic rings. The molecule has 0 N–H and O–H groups in total. The van der Waals surface area contributed by atoms with Crippen molar-refractivity contribution in [2.75, 3.05) is 47.5 Å². The number of unbranched alkanes of at least 4 members (excludes halogenated alkanes) is 22. The molecule has 0 aliphatic carbocycles. The quantitative estimate of drug-likeness (QED) is 0.0195. The standard InChI is InChI=1S/C56H100NO8P/c1-6-8-10-12-14-16-18-20-22-24-26-28-30-32-34-36-38-40-42-44-46-48-55(58)62-52-54(53-64-66(60,61)63-51-50-57(3,4)5)65-56(59)49-47-45-43-41-39-37-35-33-31-29-27-25-23-21-19-17-15-13-11-9-7-2/h9,11,15,17,21,23,27,29,33,35,39,41,54H,6-8,10,12-14,16,18-20,22,24-26,28,30-32,34,36-38,40,42-53H2,1-5H3/b11-9-,17-15-,23-21-,29-27-,35-33-,41-39-. The Labute approximate surface area is 406 Å². The molecule has 2 unspecified atom stereocenters. The fourth-order valence-electron chi connectivity index (χ4n) is 7.13. The molecule has 0 aromatic heterocycles. The third-order valence-electron chi connectivity index (χ3n) is 11.2. The molecule has 66 heavy (non-hydrogen) atoms. The normalized spacial score (nSPS) is 14.0. The number of nitrogens with zero attached hydrogens (tertiary/aromatic N) is 1. The lowest BCUT2D eigenvalue weighted by Gasteiger charge is -2.28. The molecule has 0 rings (SSSR count). The van der Waals surface area contributed by atoms with Crippen molar-refractivity contribution in [2.45, 2.75) is 225 Å². The summed E-state index contributed by atoms with van der Waals surface area (Å²) in [6, 6.07) is 0. The fourth-order valence-corrected chi connectivity index (χ4v) is 7.86. The molecule has 0 aromatic carbocycles. The van der Waals surface area contributed by atoms with Crippen molar-refractivity contribution in [1.29, 1.82) is 0 Å². The first-order chi connectivity index (χ1) is 32.0. The topological polar surface area (TPSA) is 111 Å². The summed E-state index contributed by atoms with van der Waals surface area (Å²) in [6.07, 6.45) is 60.9. The molecule has 0 aliphatic rings. The van der Waals surface area contributed by atoms with E-state index in [0.29, 0.717) is 17.4 Å². The molecule has 2 atom stereocenters. The van der Waals surface area contributed by atoms with E-state index in [4.69, 9.17) is 18.5 Å². The van der Waals surface area contributed by atoms with Crippen molar-refractivity contribution in [3.05, 3.63) is 72.9 Å². The van der Waals surface area contributed by atoms with E-state index >= 15 is 0 Å². The molecule has 0 heterocycles. The van der Waals surface area contributed by atoms with Crippen LogP contribution in [0.2, 0.25) is 0 Å². The van der Waals surface area contributed by atoms with Crippen molar-refractivity contribution < 1.29 is 42.1 Å². The van der Waals surface area contributed by atoms with Gasteiger partial charge in [-0.15, -0.1) is 0 Å². The highest BCUT2D eigenvalue weighted by atomic mass is 31.2. The highest BCUT2D eigenvalue weighted by Crippen LogP contribution is 2.38. The predicted octanol–water partition coefficient (Wildman–Crippen LogP) is 15.5. The second-order valence-electron chi connectivity index (χ2n) is 18.9. The zero-order valence-corrected chi connectivity index (χ0v) is 44.0. The van der Waals surface area contributed by atoms with Crippen molar-refractivity contribution in [3.8, 4) is 0 Å². The van der Waals surface area contributed by atoms with Gasteiger partial charge in [-0.25, -0.2) is 0 Å². The number of ether oxygens (including phenoxy) is 2. The first-order valence-corrected chi connectivity index (χ1v) is 28.1. The number of carbonyl (C=O) groups excluding carboxylic acids is 2. The second kappa shape index (κ2) is 47.5. The number of esters is 2. The van der Waals surface area contributed by atoms with Gasteiger partial charge in [-0.3, -0.25) is 14.2 Å². The van der Waals surface area contributed by atoms with Gasteiger partial charge in [-0.2, -0.15) is 0 Å². The number of phosphoric acid groups is 1. The lowest BCUT2D eigenvalue weighted by molar-refractivity contribution is -0.870. The van der Waals surface area contributed by atoms with Crippen LogP contribution in [0.5, 0.6) is 0 Å². The molecule has 0 saturated heterocycles. The smallest absolute Gasteiger partial charge is 0.306 e. The maximum Gasteiger partial charge on any atom is 0.306 e. The van der Waals surface area contributed by atoms with E-state index in [-0.39, 0.29) is 26.1 Å². The van der Waals surface area contributed by atoms with E-state index in [2.05, 4.69) is 86.8 Å². The van der Waals surface area contributed by atoms with Gasteiger partial charge < -0.3 is 27.9 Å². The van der Waals surface area contributed by atoms with Gasteiger partial charge >= 0.3 is 11.9 Å². The zero-order chi connectivity index (χ0) is 48.5. The minimum Gasteiger partial charge on any atom is -0.756 e. The number of phosphoric ester groups is 1. The summed E-state index contributed by atoms with van der Waals surface area (Å²) < 4.78 is 34.0. The van der Waals surface area contributed by atoms with Crippen LogP contribution in [0.15, 0.2) is 72.9 Å². The Balaban J connectivity index is 4.30. The Morgan fingerprint density at radius 2 is 0.864 bits per heavy atom. The molecule has 0 aliphatic heterocycles. The highest BCUT2D eigenvalue weighted by Gasteiger charge is 2.21. The van der Waals surface area contributed by atoms with Crippen molar-refractivity contribution in [1.82, 2.24) is 0 Å². The number of quaternary nitrogens is 1. The van der Waals surface area contributed by atoms with E-state index in [0.717, 1.165) is 70.6 Å². The molecule has 0 fully saturated rings. The molecule has 0 amide bonds. The maximum atomic E-state index is 12.7. The van der Waals surface area contributed by atoms with Gasteiger partial charge in [0.1, 0.15) is 19.8 Å². The molecule has 0 radical (unpaired) electrons. The number of carbonyl (C=O) groups is 2. The molecule has 9 nitrogen and oxygen atoms in total. The van der Waals surface area contributed by atoms with E-state index in [9.17, 15) is 19.0 Å². The molecule has 10 heteroatoms. The van der Waals surface area contributed by atoms with E-state index in [1.165, 1.54) is 116 Å². The van der Waals surface area contributed by atoms with Crippen LogP contribution in [0.1, 0.15) is 219 Å². The first-order valence-electron chi connectivity index (χ1n) is 26.6. The van der Waals surface area contributed by atoms with Gasteiger partial charge in [0.05, 0.1) is 27.7 Å². The Bertz CT molecular complexity index is 1350. The summed E-state index contributed by atoms with van der Waals surface area (Å²) in [7, 11) is 1.13. The van der Waals surface area contributed by atoms with E-state index < -0.39 is 32.5 Å². The Morgan fingerprint density at radius 1 is 0.485 bits per heavy atom. The Morgan fingerprint density at radius 3 is 1.29 bits per heavy atom. The van der Waals surface area contributed by atoms with Crippen LogP contribution < -0.4 is 4.89 Å². The number of hydrogen-bond donors (Lipinski definition) is 0. The summed E-state index contributed by atoms with van der Waals surface area (Å²) in [5, 5.41) is 0. The maximum absolute atomic E-state index is 12.7. The minimum atomic E-state index is -4.65. The molecule has 0 spiro atoms. The van der Waals surface area contributed by atoms with E-state index in [1.807, 2.05) is 21.1 Å². The first kappa shape index (κ1) is 63.5. The summed E-state index contributed by atoms with van der Waals surface area (Å²) in [6.45, 7) is 4.09.